The molecule has 1 aliphatic heterocycles. The van der Waals surface area contributed by atoms with E-state index in [0.29, 0.717) is 24.7 Å². The highest BCUT2D eigenvalue weighted by molar-refractivity contribution is 5.71. The van der Waals surface area contributed by atoms with Gasteiger partial charge in [0.15, 0.2) is 5.65 Å². The minimum atomic E-state index is -0.184. The van der Waals surface area contributed by atoms with Gasteiger partial charge in [0.1, 0.15) is 17.4 Å². The van der Waals surface area contributed by atoms with E-state index < -0.39 is 0 Å². The summed E-state index contributed by atoms with van der Waals surface area (Å²) in [5.41, 5.74) is 1.96. The lowest BCUT2D eigenvalue weighted by atomic mass is 10.1. The van der Waals surface area contributed by atoms with Crippen LogP contribution >= 0.6 is 0 Å². The van der Waals surface area contributed by atoms with Crippen molar-refractivity contribution in [2.24, 2.45) is 0 Å². The van der Waals surface area contributed by atoms with Crippen molar-refractivity contribution in [1.82, 2.24) is 24.7 Å². The highest BCUT2D eigenvalue weighted by atomic mass is 16.5. The SMILES string of the molecule is Cc1ccc(=O)n(C2COCC2Nc2ccc3nccnc3n2)n1. The zero-order valence-electron chi connectivity index (χ0n) is 13.1. The molecule has 0 bridgehead atoms. The normalized spacial score (nSPS) is 20.4. The second kappa shape index (κ2) is 5.97. The van der Waals surface area contributed by atoms with Crippen molar-refractivity contribution in [1.29, 1.82) is 0 Å². The molecule has 8 heteroatoms. The summed E-state index contributed by atoms with van der Waals surface area (Å²) < 4.78 is 7.05. The van der Waals surface area contributed by atoms with Gasteiger partial charge < -0.3 is 10.1 Å². The van der Waals surface area contributed by atoms with Gasteiger partial charge in [0.05, 0.1) is 24.9 Å². The number of fused-ring (bicyclic) bond motifs is 1. The molecule has 1 N–H and O–H groups in total. The molecule has 3 aromatic rings. The Morgan fingerprint density at radius 2 is 2.04 bits per heavy atom. The van der Waals surface area contributed by atoms with Gasteiger partial charge in [-0.25, -0.2) is 14.6 Å². The van der Waals surface area contributed by atoms with Gasteiger partial charge in [-0.3, -0.25) is 9.78 Å². The zero-order valence-corrected chi connectivity index (χ0v) is 13.1. The van der Waals surface area contributed by atoms with Crippen molar-refractivity contribution in [3.05, 3.63) is 52.7 Å². The van der Waals surface area contributed by atoms with Crippen LogP contribution in [0.5, 0.6) is 0 Å². The van der Waals surface area contributed by atoms with Crippen LogP contribution in [0.25, 0.3) is 11.2 Å². The number of nitrogens with zero attached hydrogens (tertiary/aromatic N) is 5. The molecule has 0 amide bonds. The average molecular weight is 324 g/mol. The Bertz CT molecular complexity index is 941. The molecule has 122 valence electrons. The van der Waals surface area contributed by atoms with Crippen LogP contribution in [0, 0.1) is 6.92 Å². The van der Waals surface area contributed by atoms with Crippen molar-refractivity contribution >= 4 is 17.0 Å². The van der Waals surface area contributed by atoms with Gasteiger partial charge in [0.25, 0.3) is 5.56 Å². The van der Waals surface area contributed by atoms with Gasteiger partial charge in [-0.2, -0.15) is 5.10 Å². The molecular weight excluding hydrogens is 308 g/mol. The fourth-order valence-electron chi connectivity index (χ4n) is 2.81. The Hall–Kier alpha value is -2.87. The quantitative estimate of drug-likeness (QED) is 0.766. The maximum Gasteiger partial charge on any atom is 0.267 e. The molecule has 0 spiro atoms. The predicted octanol–water partition coefficient (Wildman–Crippen LogP) is 0.942. The number of aryl methyl sites for hydroxylation is 1. The van der Waals surface area contributed by atoms with E-state index in [1.807, 2.05) is 19.1 Å². The fraction of sp³-hybridized carbons (Fsp3) is 0.312. The Morgan fingerprint density at radius 3 is 2.96 bits per heavy atom. The zero-order chi connectivity index (χ0) is 16.5. The molecular formula is C16H16N6O2. The number of ether oxygens (including phenoxy) is 1. The Kier molecular flexibility index (Phi) is 3.66. The summed E-state index contributed by atoms with van der Waals surface area (Å²) >= 11 is 0. The van der Waals surface area contributed by atoms with E-state index in [2.05, 4.69) is 25.4 Å². The van der Waals surface area contributed by atoms with Crippen LogP contribution in [-0.2, 0) is 4.74 Å². The highest BCUT2D eigenvalue weighted by Crippen LogP contribution is 2.21. The first-order valence-electron chi connectivity index (χ1n) is 7.69. The lowest BCUT2D eigenvalue weighted by molar-refractivity contribution is 0.182. The Labute approximate surface area is 137 Å². The molecule has 1 aliphatic rings. The molecule has 4 heterocycles. The number of nitrogens with one attached hydrogen (secondary N) is 1. The second-order valence-electron chi connectivity index (χ2n) is 5.71. The minimum Gasteiger partial charge on any atom is -0.377 e. The minimum absolute atomic E-state index is 0.0985. The first-order chi connectivity index (χ1) is 11.7. The Morgan fingerprint density at radius 1 is 1.17 bits per heavy atom. The summed E-state index contributed by atoms with van der Waals surface area (Å²) in [5.74, 6) is 0.671. The molecule has 8 nitrogen and oxygen atoms in total. The van der Waals surface area contributed by atoms with Gasteiger partial charge in [0, 0.05) is 18.5 Å². The standard InChI is InChI=1S/C16H16N6O2/c1-10-2-5-15(23)22(21-10)13-9-24-8-12(13)19-14-4-3-11-16(20-14)18-7-6-17-11/h2-7,12-13H,8-9H2,1H3,(H,18,19,20). The fourth-order valence-corrected chi connectivity index (χ4v) is 2.81. The number of pyridine rings is 1. The molecule has 1 fully saturated rings. The van der Waals surface area contributed by atoms with Gasteiger partial charge in [-0.1, -0.05) is 0 Å². The maximum absolute atomic E-state index is 12.1. The molecule has 0 saturated carbocycles. The number of aromatic nitrogens is 5. The van der Waals surface area contributed by atoms with Crippen molar-refractivity contribution < 1.29 is 4.74 Å². The summed E-state index contributed by atoms with van der Waals surface area (Å²) in [4.78, 5) is 25.0. The van der Waals surface area contributed by atoms with Crippen LogP contribution in [0.15, 0.2) is 41.5 Å². The van der Waals surface area contributed by atoms with E-state index in [-0.39, 0.29) is 17.6 Å². The summed E-state index contributed by atoms with van der Waals surface area (Å²) in [7, 11) is 0. The molecule has 0 radical (unpaired) electrons. The summed E-state index contributed by atoms with van der Waals surface area (Å²) in [6.45, 7) is 2.77. The number of hydrogen-bond donors (Lipinski definition) is 1. The van der Waals surface area contributed by atoms with Gasteiger partial charge in [-0.05, 0) is 25.1 Å². The van der Waals surface area contributed by atoms with E-state index in [4.69, 9.17) is 4.74 Å². The maximum atomic E-state index is 12.1. The van der Waals surface area contributed by atoms with Crippen molar-refractivity contribution in [2.45, 2.75) is 19.0 Å². The average Bonchev–Trinajstić information content (AvgIpc) is 3.05. The van der Waals surface area contributed by atoms with Crippen molar-refractivity contribution in [3.63, 3.8) is 0 Å². The molecule has 1 saturated heterocycles. The van der Waals surface area contributed by atoms with Crippen LogP contribution in [0.1, 0.15) is 11.7 Å². The van der Waals surface area contributed by atoms with E-state index >= 15 is 0 Å². The largest absolute Gasteiger partial charge is 0.377 e. The third-order valence-electron chi connectivity index (χ3n) is 3.99. The number of anilines is 1. The van der Waals surface area contributed by atoms with Crippen molar-refractivity contribution in [2.75, 3.05) is 18.5 Å². The van der Waals surface area contributed by atoms with E-state index in [1.165, 1.54) is 10.7 Å². The lowest BCUT2D eigenvalue weighted by Crippen LogP contribution is -2.37. The van der Waals surface area contributed by atoms with Crippen LogP contribution < -0.4 is 10.9 Å². The number of rotatable bonds is 3. The van der Waals surface area contributed by atoms with Gasteiger partial charge in [-0.15, -0.1) is 0 Å². The topological polar surface area (TPSA) is 94.8 Å². The van der Waals surface area contributed by atoms with E-state index in [9.17, 15) is 4.79 Å². The van der Waals surface area contributed by atoms with Gasteiger partial charge in [0.2, 0.25) is 0 Å². The van der Waals surface area contributed by atoms with E-state index in [1.54, 1.807) is 18.5 Å². The molecule has 0 aliphatic carbocycles. The van der Waals surface area contributed by atoms with E-state index in [0.717, 1.165) is 11.2 Å². The molecule has 2 atom stereocenters. The summed E-state index contributed by atoms with van der Waals surface area (Å²) in [6.07, 6.45) is 3.24. The first-order valence-corrected chi connectivity index (χ1v) is 7.69. The molecule has 2 unspecified atom stereocenters. The van der Waals surface area contributed by atoms with Gasteiger partial charge >= 0.3 is 0 Å². The third kappa shape index (κ3) is 2.71. The lowest BCUT2D eigenvalue weighted by Gasteiger charge is -2.20. The molecule has 3 aromatic heterocycles. The van der Waals surface area contributed by atoms with Crippen LogP contribution in [-0.4, -0.2) is 44.0 Å². The van der Waals surface area contributed by atoms with Crippen LogP contribution in [0.4, 0.5) is 5.82 Å². The van der Waals surface area contributed by atoms with Crippen LogP contribution in [0.2, 0.25) is 0 Å². The summed E-state index contributed by atoms with van der Waals surface area (Å²) in [6, 6.07) is 6.66. The number of hydrogen-bond acceptors (Lipinski definition) is 7. The monoisotopic (exact) mass is 324 g/mol. The summed E-state index contributed by atoms with van der Waals surface area (Å²) in [5, 5.41) is 7.66. The molecule has 24 heavy (non-hydrogen) atoms. The first kappa shape index (κ1) is 14.7. The Balaban J connectivity index is 1.62. The van der Waals surface area contributed by atoms with Crippen LogP contribution in [0.3, 0.4) is 0 Å². The smallest absolute Gasteiger partial charge is 0.267 e. The molecule has 4 rings (SSSR count). The predicted molar refractivity (Wildman–Crippen MR) is 87.8 cm³/mol. The third-order valence-corrected chi connectivity index (χ3v) is 3.99. The molecule has 0 aromatic carbocycles. The second-order valence-corrected chi connectivity index (χ2v) is 5.71. The van der Waals surface area contributed by atoms with Crippen molar-refractivity contribution in [3.8, 4) is 0 Å². The highest BCUT2D eigenvalue weighted by Gasteiger charge is 2.31.